The van der Waals surface area contributed by atoms with Gasteiger partial charge in [0.25, 0.3) is 10.1 Å². The summed E-state index contributed by atoms with van der Waals surface area (Å²) in [6.45, 7) is 2.76. The first-order valence-corrected chi connectivity index (χ1v) is 13.3. The first kappa shape index (κ1) is 31.4. The van der Waals surface area contributed by atoms with E-state index in [1.165, 1.54) is 102 Å². The van der Waals surface area contributed by atoms with Gasteiger partial charge in [-0.25, -0.2) is 0 Å². The monoisotopic (exact) mass is 482 g/mol. The van der Waals surface area contributed by atoms with Gasteiger partial charge >= 0.3 is 51.4 Å². The van der Waals surface area contributed by atoms with Crippen molar-refractivity contribution in [2.45, 2.75) is 115 Å². The average molecular weight is 483 g/mol. The van der Waals surface area contributed by atoms with Gasteiger partial charge in [0.15, 0.2) is 0 Å². The molecule has 0 unspecified atom stereocenters. The molecule has 0 aliphatic rings. The number of unbranched alkanes of at least 4 members (excludes halogenated alkanes) is 15. The zero-order valence-electron chi connectivity index (χ0n) is 20.8. The molecule has 5 nitrogen and oxygen atoms in total. The van der Waals surface area contributed by atoms with Crippen molar-refractivity contribution in [2.24, 2.45) is 0 Å². The molecule has 0 radical (unpaired) electrons. The van der Waals surface area contributed by atoms with E-state index in [4.69, 9.17) is 9.29 Å². The van der Waals surface area contributed by atoms with Gasteiger partial charge < -0.3 is 11.3 Å². The molecule has 0 aliphatic heterocycles. The number of ether oxygens (including phenoxy) is 1. The molecule has 31 heavy (non-hydrogen) atoms. The van der Waals surface area contributed by atoms with E-state index in [0.717, 1.165) is 18.9 Å². The number of benzene rings is 1. The summed E-state index contributed by atoms with van der Waals surface area (Å²) in [6.07, 6.45) is 21.0. The molecular formula is C24H43KO5S. The van der Waals surface area contributed by atoms with E-state index in [0.29, 0.717) is 12.4 Å². The molecule has 2 N–H and O–H groups in total. The Balaban J connectivity index is 0. The maximum absolute atomic E-state index is 11.2. The predicted octanol–water partition coefficient (Wildman–Crippen LogP) is 4.40. The minimum Gasteiger partial charge on any atom is -1.00 e. The van der Waals surface area contributed by atoms with E-state index < -0.39 is 20.8 Å². The third-order valence-corrected chi connectivity index (χ3v) is 6.36. The van der Waals surface area contributed by atoms with Crippen LogP contribution in [-0.2, 0) is 10.1 Å². The number of aromatic hydroxyl groups is 1. The molecule has 0 amide bonds. The van der Waals surface area contributed by atoms with Crippen LogP contribution in [-0.4, -0.2) is 24.7 Å². The van der Waals surface area contributed by atoms with E-state index >= 15 is 0 Å². The topological polar surface area (TPSA) is 83.8 Å². The maximum atomic E-state index is 11.2. The van der Waals surface area contributed by atoms with E-state index in [-0.39, 0.29) is 52.8 Å². The molecule has 7 heteroatoms. The van der Waals surface area contributed by atoms with Crippen LogP contribution in [0.4, 0.5) is 0 Å². The van der Waals surface area contributed by atoms with E-state index in [1.807, 2.05) is 0 Å². The molecule has 0 saturated carbocycles. The summed E-state index contributed by atoms with van der Waals surface area (Å²) in [4.78, 5) is -0.521. The van der Waals surface area contributed by atoms with Crippen LogP contribution in [0.15, 0.2) is 23.1 Å². The number of phenols is 1. The molecule has 1 rings (SSSR count). The van der Waals surface area contributed by atoms with Gasteiger partial charge in [-0.15, -0.1) is 0 Å². The Kier molecular flexibility index (Phi) is 20.0. The van der Waals surface area contributed by atoms with Gasteiger partial charge in [-0.3, -0.25) is 4.55 Å². The van der Waals surface area contributed by atoms with E-state index in [2.05, 4.69) is 6.92 Å². The fourth-order valence-corrected chi connectivity index (χ4v) is 4.23. The third kappa shape index (κ3) is 16.6. The van der Waals surface area contributed by atoms with Crippen LogP contribution in [0.5, 0.6) is 11.5 Å². The van der Waals surface area contributed by atoms with Crippen LogP contribution < -0.4 is 56.1 Å². The molecule has 0 aromatic heterocycles. The molecule has 0 atom stereocenters. The van der Waals surface area contributed by atoms with Crippen molar-refractivity contribution in [1.82, 2.24) is 0 Å². The summed E-state index contributed by atoms with van der Waals surface area (Å²) in [6, 6.07) is 3.86. The summed E-state index contributed by atoms with van der Waals surface area (Å²) >= 11 is 0. The molecule has 0 spiro atoms. The van der Waals surface area contributed by atoms with Crippen molar-refractivity contribution < 1.29 is 75.6 Å². The van der Waals surface area contributed by atoms with Crippen molar-refractivity contribution in [3.63, 3.8) is 0 Å². The summed E-state index contributed by atoms with van der Waals surface area (Å²) in [5.74, 6) is -0.145. The number of rotatable bonds is 19. The smallest absolute Gasteiger partial charge is 1.00 e. The molecule has 0 saturated heterocycles. The summed E-state index contributed by atoms with van der Waals surface area (Å²) < 4.78 is 37.0. The molecule has 0 bridgehead atoms. The summed E-state index contributed by atoms with van der Waals surface area (Å²) in [5, 5.41) is 9.50. The van der Waals surface area contributed by atoms with Crippen molar-refractivity contribution in [1.29, 1.82) is 0 Å². The van der Waals surface area contributed by atoms with Gasteiger partial charge in [0.05, 0.1) is 6.61 Å². The molecule has 0 fully saturated rings. The van der Waals surface area contributed by atoms with Gasteiger partial charge in [0.2, 0.25) is 0 Å². The van der Waals surface area contributed by atoms with Gasteiger partial charge in [-0.05, 0) is 18.6 Å². The first-order chi connectivity index (χ1) is 14.4. The third-order valence-electron chi connectivity index (χ3n) is 5.48. The fraction of sp³-hybridized carbons (Fsp3) is 0.750. The van der Waals surface area contributed by atoms with Crippen LogP contribution in [0.3, 0.4) is 0 Å². The molecule has 0 heterocycles. The number of phenolic OH excluding ortho intramolecular Hbond substituents is 1. The number of hydrogen-bond acceptors (Lipinski definition) is 4. The maximum Gasteiger partial charge on any atom is 1.00 e. The minimum atomic E-state index is -4.45. The molecule has 0 aliphatic carbocycles. The molecule has 1 aromatic carbocycles. The van der Waals surface area contributed by atoms with Crippen LogP contribution in [0.2, 0.25) is 0 Å². The standard InChI is InChI=1S/C24H42O5S.K.H/c1-2-3-4-5-6-7-8-9-10-11-12-13-14-15-16-17-20-29-22-18-19-23(25)24(21-22)30(26,27)28;;/h18-19,21,25H,2-17,20H2,1H3,(H,26,27,28);;/q;+1;-1. The Bertz CT molecular complexity index is 670. The molecule has 176 valence electrons. The Hall–Kier alpha value is 0.366. The zero-order valence-corrected chi connectivity index (χ0v) is 23.7. The zero-order chi connectivity index (χ0) is 22.1. The second-order valence-corrected chi connectivity index (χ2v) is 9.65. The van der Waals surface area contributed by atoms with E-state index in [9.17, 15) is 13.5 Å². The SMILES string of the molecule is CCCCCCCCCCCCCCCCCCOc1ccc(O)c(S(=O)(=O)O)c1.[H-].[K+]. The Morgan fingerprint density at radius 2 is 1.19 bits per heavy atom. The van der Waals surface area contributed by atoms with Gasteiger partial charge in [0, 0.05) is 6.07 Å². The minimum absolute atomic E-state index is 0. The van der Waals surface area contributed by atoms with Crippen molar-refractivity contribution >= 4 is 10.1 Å². The average Bonchev–Trinajstić information content (AvgIpc) is 2.70. The Labute approximate surface area is 234 Å². The summed E-state index contributed by atoms with van der Waals surface area (Å²) in [7, 11) is -4.45. The normalized spacial score (nSPS) is 11.3. The molecule has 1 aromatic rings. The second kappa shape index (κ2) is 19.8. The van der Waals surface area contributed by atoms with Crippen LogP contribution in [0.25, 0.3) is 0 Å². The quantitative estimate of drug-likeness (QED) is 0.173. The van der Waals surface area contributed by atoms with Gasteiger partial charge in [-0.1, -0.05) is 103 Å². The van der Waals surface area contributed by atoms with Crippen molar-refractivity contribution in [3.05, 3.63) is 18.2 Å². The summed E-state index contributed by atoms with van der Waals surface area (Å²) in [5.41, 5.74) is 0. The number of hydrogen-bond donors (Lipinski definition) is 2. The first-order valence-electron chi connectivity index (χ1n) is 11.9. The largest absolute Gasteiger partial charge is 1.00 e. The van der Waals surface area contributed by atoms with Crippen LogP contribution in [0, 0.1) is 0 Å². The second-order valence-electron chi connectivity index (χ2n) is 8.26. The molecular weight excluding hydrogens is 439 g/mol. The Morgan fingerprint density at radius 3 is 1.61 bits per heavy atom. The van der Waals surface area contributed by atoms with Crippen molar-refractivity contribution in [3.8, 4) is 11.5 Å². The predicted molar refractivity (Wildman–Crippen MR) is 124 cm³/mol. The van der Waals surface area contributed by atoms with Gasteiger partial charge in [0.1, 0.15) is 16.4 Å². The fourth-order valence-electron chi connectivity index (χ4n) is 3.63. The van der Waals surface area contributed by atoms with Crippen molar-refractivity contribution in [2.75, 3.05) is 6.61 Å². The van der Waals surface area contributed by atoms with Gasteiger partial charge in [-0.2, -0.15) is 8.42 Å². The van der Waals surface area contributed by atoms with Crippen LogP contribution >= 0.6 is 0 Å². The van der Waals surface area contributed by atoms with E-state index in [1.54, 1.807) is 0 Å². The van der Waals surface area contributed by atoms with Crippen LogP contribution in [0.1, 0.15) is 111 Å². The Morgan fingerprint density at radius 1 is 0.774 bits per heavy atom.